The van der Waals surface area contributed by atoms with Gasteiger partial charge in [-0.3, -0.25) is 0 Å². The summed E-state index contributed by atoms with van der Waals surface area (Å²) in [6.45, 7) is 22.5. The van der Waals surface area contributed by atoms with Gasteiger partial charge in [-0.1, -0.05) is 68.4 Å². The van der Waals surface area contributed by atoms with Crippen molar-refractivity contribution < 1.29 is 15.6 Å². The van der Waals surface area contributed by atoms with Gasteiger partial charge in [0.25, 0.3) is 0 Å². The summed E-state index contributed by atoms with van der Waals surface area (Å²) in [5, 5.41) is 2.52. The Kier molecular flexibility index (Phi) is 9.79. The van der Waals surface area contributed by atoms with Crippen molar-refractivity contribution in [3.8, 4) is 22.5 Å². The van der Waals surface area contributed by atoms with Crippen LogP contribution in [0.1, 0.15) is 126 Å². The zero-order chi connectivity index (χ0) is 39.6. The molecule has 8 aromatic rings. The molecule has 289 valence electrons. The first-order valence-corrected chi connectivity index (χ1v) is 20.5. The Morgan fingerprint density at radius 1 is 0.518 bits per heavy atom. The molecule has 9 rings (SSSR count). The molecule has 0 aliphatic heterocycles. The van der Waals surface area contributed by atoms with Gasteiger partial charge in [-0.05, 0) is 39.1 Å². The van der Waals surface area contributed by atoms with Crippen LogP contribution in [-0.2, 0) is 21.0 Å². The van der Waals surface area contributed by atoms with Crippen LogP contribution in [0.25, 0.3) is 55.6 Å². The number of benzene rings is 5. The minimum Gasteiger partial charge on any atom is -0.657 e. The van der Waals surface area contributed by atoms with Crippen LogP contribution in [0.3, 0.4) is 0 Å². The molecule has 0 saturated heterocycles. The molecule has 5 aromatic carbocycles. The SMILES string of the molecule is CC(C)c1cccc(C(C)C)c1-n1[c](=[Cu])n(-c2c(C(C)C)cccc2C(C)C)c2nccnc21.CC1(C)c2ccccc2-c2cc3c(cc21)[n-]c1ccccc13. The second-order valence-corrected chi connectivity index (χ2v) is 17.4. The van der Waals surface area contributed by atoms with Crippen LogP contribution in [0.2, 0.25) is 0 Å². The molecule has 1 aliphatic carbocycles. The summed E-state index contributed by atoms with van der Waals surface area (Å²) in [6, 6.07) is 35.0. The maximum Gasteiger partial charge on any atom is 0.0158 e. The Bertz CT molecular complexity index is 2670. The Balaban J connectivity index is 0.000000171. The van der Waals surface area contributed by atoms with E-state index in [4.69, 9.17) is 30.5 Å². The molecule has 1 aliphatic rings. The maximum absolute atomic E-state index is 6.49. The fraction of sp³-hybridized carbons (Fsp3) is 0.300. The van der Waals surface area contributed by atoms with E-state index in [0.717, 1.165) is 33.7 Å². The van der Waals surface area contributed by atoms with Crippen LogP contribution < -0.4 is 4.98 Å². The summed E-state index contributed by atoms with van der Waals surface area (Å²) < 4.78 is 5.02. The Morgan fingerprint density at radius 3 is 1.52 bits per heavy atom. The number of imidazole rings is 1. The quantitative estimate of drug-likeness (QED) is 0.158. The number of nitrogens with zero attached hydrogens (tertiary/aromatic N) is 5. The van der Waals surface area contributed by atoms with Gasteiger partial charge >= 0.3 is 212 Å². The average molecular weight is 787 g/mol. The van der Waals surface area contributed by atoms with Gasteiger partial charge in [-0.15, -0.1) is 11.0 Å². The van der Waals surface area contributed by atoms with Crippen LogP contribution in [0, 0.1) is 4.32 Å². The third-order valence-electron chi connectivity index (χ3n) is 11.7. The van der Waals surface area contributed by atoms with Gasteiger partial charge < -0.3 is 4.98 Å². The first-order valence-electron chi connectivity index (χ1n) is 20.1. The summed E-state index contributed by atoms with van der Waals surface area (Å²) in [6.07, 6.45) is 3.53. The van der Waals surface area contributed by atoms with Gasteiger partial charge in [0.1, 0.15) is 0 Å². The molecule has 0 N–H and O–H groups in total. The fourth-order valence-electron chi connectivity index (χ4n) is 8.79. The van der Waals surface area contributed by atoms with Gasteiger partial charge in [0.2, 0.25) is 0 Å². The third kappa shape index (κ3) is 6.09. The molecule has 0 fully saturated rings. The molecule has 3 heterocycles. The van der Waals surface area contributed by atoms with Gasteiger partial charge in [0.05, 0.1) is 0 Å². The number of hydrogen-bond donors (Lipinski definition) is 0. The standard InChI is InChI=1S/C29H36N4.C21H16N.Cu/c1-18(2)22-11-9-12-23(19(3)4)26(22)32-17-33(29-28(32)30-15-16-31-29)27-24(20(5)6)13-10-14-25(27)21(7)8;1-21(2)17-9-5-3-7-13(17)15-11-16-14-8-4-6-10-19(14)22-20(16)12-18(15)21;/h9-16,18-21H,1-8H3;3-12H,1-2H3;/q;-1;. The second-order valence-electron chi connectivity index (χ2n) is 17.0. The monoisotopic (exact) mass is 785 g/mol. The van der Waals surface area contributed by atoms with Gasteiger partial charge in [-0.25, -0.2) is 0 Å². The van der Waals surface area contributed by atoms with Crippen LogP contribution in [0.4, 0.5) is 0 Å². The first-order chi connectivity index (χ1) is 26.8. The zero-order valence-corrected chi connectivity index (χ0v) is 35.2. The molecule has 0 radical (unpaired) electrons. The summed E-state index contributed by atoms with van der Waals surface area (Å²) in [4.78, 5) is 14.5. The van der Waals surface area contributed by atoms with E-state index >= 15 is 0 Å². The van der Waals surface area contributed by atoms with Crippen molar-refractivity contribution in [1.82, 2.24) is 24.1 Å². The molecule has 5 nitrogen and oxygen atoms in total. The fourth-order valence-corrected chi connectivity index (χ4v) is 9.20. The van der Waals surface area contributed by atoms with E-state index in [1.807, 2.05) is 0 Å². The van der Waals surface area contributed by atoms with Crippen LogP contribution in [0.5, 0.6) is 0 Å². The van der Waals surface area contributed by atoms with Crippen LogP contribution in [0.15, 0.2) is 109 Å². The van der Waals surface area contributed by atoms with Crippen molar-refractivity contribution in [2.75, 3.05) is 0 Å². The van der Waals surface area contributed by atoms with E-state index in [1.165, 1.54) is 55.3 Å². The molecule has 3 aromatic heterocycles. The number of hydrogen-bond acceptors (Lipinski definition) is 2. The van der Waals surface area contributed by atoms with Crippen molar-refractivity contribution in [2.24, 2.45) is 0 Å². The molecule has 0 atom stereocenters. The van der Waals surface area contributed by atoms with Crippen molar-refractivity contribution in [3.63, 3.8) is 0 Å². The molecule has 0 saturated carbocycles. The summed E-state index contributed by atoms with van der Waals surface area (Å²) in [5.41, 5.74) is 16.7. The smallest absolute Gasteiger partial charge is 0.0158 e. The van der Waals surface area contributed by atoms with E-state index in [0.29, 0.717) is 28.0 Å². The Hall–Kier alpha value is -5.03. The second kappa shape index (κ2) is 14.5. The van der Waals surface area contributed by atoms with E-state index in [-0.39, 0.29) is 5.41 Å². The molecular formula is C50H52CuN5-. The minimum absolute atomic E-state index is 0.0469. The summed E-state index contributed by atoms with van der Waals surface area (Å²) in [5.74, 6) is 1.38. The van der Waals surface area contributed by atoms with E-state index in [1.54, 1.807) is 12.4 Å². The predicted octanol–water partition coefficient (Wildman–Crippen LogP) is 13.0. The molecule has 56 heavy (non-hydrogen) atoms. The van der Waals surface area contributed by atoms with Crippen LogP contribution >= 0.6 is 0 Å². The van der Waals surface area contributed by atoms with Crippen molar-refractivity contribution in [3.05, 3.63) is 147 Å². The van der Waals surface area contributed by atoms with E-state index in [2.05, 4.69) is 175 Å². The van der Waals surface area contributed by atoms with Crippen LogP contribution in [-0.4, -0.2) is 19.1 Å². The van der Waals surface area contributed by atoms with Crippen molar-refractivity contribution in [2.45, 2.75) is 98.3 Å². The number of fused-ring (bicyclic) bond motifs is 7. The molecule has 0 amide bonds. The molecular weight excluding hydrogens is 734 g/mol. The Labute approximate surface area is 339 Å². The first kappa shape index (κ1) is 37.9. The largest absolute Gasteiger partial charge is 0.657 e. The average Bonchev–Trinajstić information content (AvgIpc) is 3.77. The van der Waals surface area contributed by atoms with Crippen molar-refractivity contribution >= 4 is 33.1 Å². The minimum atomic E-state index is 0.0469. The summed E-state index contributed by atoms with van der Waals surface area (Å²) in [7, 11) is 0. The zero-order valence-electron chi connectivity index (χ0n) is 34.2. The molecule has 6 heteroatoms. The third-order valence-corrected chi connectivity index (χ3v) is 12.1. The van der Waals surface area contributed by atoms with E-state index in [9.17, 15) is 0 Å². The number of rotatable bonds is 6. The Morgan fingerprint density at radius 2 is 1.00 bits per heavy atom. The topological polar surface area (TPSA) is 49.7 Å². The summed E-state index contributed by atoms with van der Waals surface area (Å²) >= 11 is 6.49. The van der Waals surface area contributed by atoms with E-state index < -0.39 is 0 Å². The number of para-hydroxylation sites is 3. The maximum atomic E-state index is 6.49. The molecule has 0 unspecified atom stereocenters. The normalized spacial score (nSPS) is 13.4. The number of aromatic nitrogens is 5. The van der Waals surface area contributed by atoms with Gasteiger partial charge in [0.15, 0.2) is 0 Å². The predicted molar refractivity (Wildman–Crippen MR) is 230 cm³/mol. The van der Waals surface area contributed by atoms with Crippen molar-refractivity contribution in [1.29, 1.82) is 0 Å². The molecule has 0 bridgehead atoms. The van der Waals surface area contributed by atoms with Gasteiger partial charge in [0, 0.05) is 5.41 Å². The molecule has 0 spiro atoms. The van der Waals surface area contributed by atoms with Gasteiger partial charge in [-0.2, -0.15) is 0 Å².